The van der Waals surface area contributed by atoms with E-state index in [-0.39, 0.29) is 30.4 Å². The van der Waals surface area contributed by atoms with E-state index in [0.29, 0.717) is 6.54 Å². The van der Waals surface area contributed by atoms with Gasteiger partial charge in [-0.05, 0) is 42.3 Å². The molecule has 2 heterocycles. The highest BCUT2D eigenvalue weighted by Gasteiger charge is 2.36. The minimum atomic E-state index is -0.509. The molecule has 0 unspecified atom stereocenters. The average Bonchev–Trinajstić information content (AvgIpc) is 3.18. The minimum absolute atomic E-state index is 0.0219. The molecule has 0 aliphatic carbocycles. The number of nitrogens with zero attached hydrogens (tertiary/aromatic N) is 2. The Bertz CT molecular complexity index is 853. The summed E-state index contributed by atoms with van der Waals surface area (Å²) in [6.07, 6.45) is 1.70. The van der Waals surface area contributed by atoms with Crippen LogP contribution in [0.4, 0.5) is 0 Å². The first-order valence-corrected chi connectivity index (χ1v) is 11.3. The van der Waals surface area contributed by atoms with Crippen LogP contribution >= 0.6 is 11.3 Å². The Labute approximate surface area is 178 Å². The standard InChI is InChI=1S/C24H32N2O2S/c1-6-17(2)26(23(28)24(3,4)5)16-21(27)25-14-12-20-19(13-15-29-20)22(25)18-10-8-7-9-11-18/h7-11,13,15,17,22H,6,12,14,16H2,1-5H3/t17-,22+/m1/s1. The van der Waals surface area contributed by atoms with Gasteiger partial charge in [-0.2, -0.15) is 0 Å². The van der Waals surface area contributed by atoms with Crippen molar-refractivity contribution >= 4 is 23.2 Å². The van der Waals surface area contributed by atoms with Crippen molar-refractivity contribution in [3.05, 3.63) is 57.8 Å². The van der Waals surface area contributed by atoms with Gasteiger partial charge in [0.25, 0.3) is 0 Å². The Hall–Kier alpha value is -2.14. The predicted molar refractivity (Wildman–Crippen MR) is 119 cm³/mol. The van der Waals surface area contributed by atoms with Gasteiger partial charge in [-0.3, -0.25) is 9.59 Å². The molecule has 0 bridgehead atoms. The van der Waals surface area contributed by atoms with Crippen LogP contribution < -0.4 is 0 Å². The molecule has 0 saturated heterocycles. The second-order valence-electron chi connectivity index (χ2n) is 8.89. The topological polar surface area (TPSA) is 40.6 Å². The van der Waals surface area contributed by atoms with Gasteiger partial charge in [0, 0.05) is 22.9 Å². The Kier molecular flexibility index (Phi) is 6.47. The Morgan fingerprint density at radius 1 is 1.21 bits per heavy atom. The fourth-order valence-corrected chi connectivity index (χ4v) is 4.80. The monoisotopic (exact) mass is 412 g/mol. The molecule has 2 amide bonds. The number of carbonyl (C=O) groups excluding carboxylic acids is 2. The highest BCUT2D eigenvalue weighted by atomic mass is 32.1. The number of carbonyl (C=O) groups is 2. The van der Waals surface area contributed by atoms with Crippen LogP contribution in [0.15, 0.2) is 41.8 Å². The van der Waals surface area contributed by atoms with E-state index < -0.39 is 5.41 Å². The zero-order valence-electron chi connectivity index (χ0n) is 18.1. The molecule has 2 atom stereocenters. The molecular weight excluding hydrogens is 380 g/mol. The first-order valence-electron chi connectivity index (χ1n) is 10.5. The molecule has 0 radical (unpaired) electrons. The van der Waals surface area contributed by atoms with E-state index in [9.17, 15) is 9.59 Å². The minimum Gasteiger partial charge on any atom is -0.330 e. The first-order chi connectivity index (χ1) is 13.7. The number of hydrogen-bond acceptors (Lipinski definition) is 3. The quantitative estimate of drug-likeness (QED) is 0.701. The van der Waals surface area contributed by atoms with Gasteiger partial charge >= 0.3 is 0 Å². The molecule has 0 N–H and O–H groups in total. The van der Waals surface area contributed by atoms with Crippen molar-refractivity contribution in [2.45, 2.75) is 59.5 Å². The lowest BCUT2D eigenvalue weighted by molar-refractivity contribution is -0.148. The summed E-state index contributed by atoms with van der Waals surface area (Å²) in [4.78, 5) is 31.7. The Balaban J connectivity index is 1.91. The summed E-state index contributed by atoms with van der Waals surface area (Å²) in [5.74, 6) is 0.0540. The van der Waals surface area contributed by atoms with Gasteiger partial charge in [0.15, 0.2) is 0 Å². The maximum absolute atomic E-state index is 13.5. The van der Waals surface area contributed by atoms with Gasteiger partial charge in [0.05, 0.1) is 6.04 Å². The van der Waals surface area contributed by atoms with Crippen molar-refractivity contribution < 1.29 is 9.59 Å². The maximum atomic E-state index is 13.5. The third-order valence-corrected chi connectivity index (χ3v) is 6.73. The van der Waals surface area contributed by atoms with Crippen molar-refractivity contribution in [3.63, 3.8) is 0 Å². The highest BCUT2D eigenvalue weighted by molar-refractivity contribution is 7.10. The number of fused-ring (bicyclic) bond motifs is 1. The number of benzene rings is 1. The lowest BCUT2D eigenvalue weighted by Crippen LogP contribution is -2.51. The second kappa shape index (κ2) is 8.70. The molecule has 1 aliphatic heterocycles. The van der Waals surface area contributed by atoms with Crippen LogP contribution in [0, 0.1) is 5.41 Å². The average molecular weight is 413 g/mol. The SMILES string of the molecule is CC[C@@H](C)N(CC(=O)N1CCc2sccc2[C@@H]1c1ccccc1)C(=O)C(C)(C)C. The van der Waals surface area contributed by atoms with Crippen LogP contribution in [-0.2, 0) is 16.0 Å². The first kappa shape index (κ1) is 21.6. The molecule has 5 heteroatoms. The summed E-state index contributed by atoms with van der Waals surface area (Å²) in [5.41, 5.74) is 1.83. The van der Waals surface area contributed by atoms with Crippen LogP contribution in [0.3, 0.4) is 0 Å². The van der Waals surface area contributed by atoms with Crippen molar-refractivity contribution in [1.82, 2.24) is 9.80 Å². The maximum Gasteiger partial charge on any atom is 0.243 e. The van der Waals surface area contributed by atoms with Crippen LogP contribution in [-0.4, -0.2) is 40.7 Å². The zero-order valence-corrected chi connectivity index (χ0v) is 19.0. The van der Waals surface area contributed by atoms with Crippen molar-refractivity contribution in [3.8, 4) is 0 Å². The van der Waals surface area contributed by atoms with E-state index in [1.54, 1.807) is 16.2 Å². The van der Waals surface area contributed by atoms with Gasteiger partial charge in [-0.25, -0.2) is 0 Å². The third kappa shape index (κ3) is 4.55. The van der Waals surface area contributed by atoms with Crippen LogP contribution in [0.5, 0.6) is 0 Å². The van der Waals surface area contributed by atoms with E-state index in [2.05, 4.69) is 30.5 Å². The number of amides is 2. The predicted octanol–water partition coefficient (Wildman–Crippen LogP) is 4.90. The van der Waals surface area contributed by atoms with E-state index >= 15 is 0 Å². The second-order valence-corrected chi connectivity index (χ2v) is 9.89. The molecule has 0 spiro atoms. The molecule has 1 aliphatic rings. The van der Waals surface area contributed by atoms with Gasteiger partial charge in [-0.15, -0.1) is 11.3 Å². The van der Waals surface area contributed by atoms with E-state index in [1.165, 1.54) is 10.4 Å². The molecule has 156 valence electrons. The summed E-state index contributed by atoms with van der Waals surface area (Å²) < 4.78 is 0. The fraction of sp³-hybridized carbons (Fsp3) is 0.500. The summed E-state index contributed by atoms with van der Waals surface area (Å²) in [6, 6.07) is 12.3. The van der Waals surface area contributed by atoms with Gasteiger partial charge in [-0.1, -0.05) is 58.0 Å². The van der Waals surface area contributed by atoms with Crippen LogP contribution in [0.1, 0.15) is 63.1 Å². The van der Waals surface area contributed by atoms with E-state index in [1.807, 2.05) is 50.8 Å². The molecule has 1 aromatic carbocycles. The van der Waals surface area contributed by atoms with Gasteiger partial charge in [0.1, 0.15) is 6.54 Å². The Morgan fingerprint density at radius 2 is 1.90 bits per heavy atom. The summed E-state index contributed by atoms with van der Waals surface area (Å²) >= 11 is 1.77. The molecule has 3 rings (SSSR count). The van der Waals surface area contributed by atoms with E-state index in [0.717, 1.165) is 18.4 Å². The largest absolute Gasteiger partial charge is 0.330 e. The van der Waals surface area contributed by atoms with Crippen LogP contribution in [0.2, 0.25) is 0 Å². The highest BCUT2D eigenvalue weighted by Crippen LogP contribution is 2.38. The molecule has 29 heavy (non-hydrogen) atoms. The summed E-state index contributed by atoms with van der Waals surface area (Å²) in [5, 5.41) is 2.11. The molecule has 2 aromatic rings. The number of hydrogen-bond donors (Lipinski definition) is 0. The number of thiophene rings is 1. The van der Waals surface area contributed by atoms with Gasteiger partial charge in [0.2, 0.25) is 11.8 Å². The summed E-state index contributed by atoms with van der Waals surface area (Å²) in [6.45, 7) is 10.7. The fourth-order valence-electron chi connectivity index (χ4n) is 3.90. The number of rotatable bonds is 5. The van der Waals surface area contributed by atoms with Crippen molar-refractivity contribution in [2.24, 2.45) is 5.41 Å². The molecule has 0 saturated carbocycles. The normalized spacial score (nSPS) is 17.6. The molecule has 4 nitrogen and oxygen atoms in total. The smallest absolute Gasteiger partial charge is 0.243 e. The summed E-state index contributed by atoms with van der Waals surface area (Å²) in [7, 11) is 0. The Morgan fingerprint density at radius 3 is 2.52 bits per heavy atom. The lowest BCUT2D eigenvalue weighted by Gasteiger charge is -2.39. The van der Waals surface area contributed by atoms with E-state index in [4.69, 9.17) is 0 Å². The van der Waals surface area contributed by atoms with Crippen LogP contribution in [0.25, 0.3) is 0 Å². The molecule has 1 aromatic heterocycles. The van der Waals surface area contributed by atoms with Crippen molar-refractivity contribution in [1.29, 1.82) is 0 Å². The third-order valence-electron chi connectivity index (χ3n) is 5.73. The zero-order chi connectivity index (χ0) is 21.2. The molecule has 0 fully saturated rings. The van der Waals surface area contributed by atoms with Gasteiger partial charge < -0.3 is 9.80 Å². The van der Waals surface area contributed by atoms with Crippen molar-refractivity contribution in [2.75, 3.05) is 13.1 Å². The lowest BCUT2D eigenvalue weighted by atomic mass is 9.92. The molecular formula is C24H32N2O2S.